The van der Waals surface area contributed by atoms with Gasteiger partial charge in [-0.1, -0.05) is 35.3 Å². The van der Waals surface area contributed by atoms with Crippen LogP contribution in [-0.4, -0.2) is 25.7 Å². The van der Waals surface area contributed by atoms with Gasteiger partial charge in [-0.3, -0.25) is 4.79 Å². The Labute approximate surface area is 148 Å². The van der Waals surface area contributed by atoms with Gasteiger partial charge in [-0.05, 0) is 42.0 Å². The van der Waals surface area contributed by atoms with E-state index in [4.69, 9.17) is 23.2 Å². The summed E-state index contributed by atoms with van der Waals surface area (Å²) < 4.78 is 1.41. The number of halogens is 2. The fourth-order valence-electron chi connectivity index (χ4n) is 2.41. The molecule has 0 aliphatic rings. The molecular weight excluding hydrogens is 349 g/mol. The maximum atomic E-state index is 13.0. The first-order chi connectivity index (χ1) is 11.5. The quantitative estimate of drug-likeness (QED) is 0.707. The van der Waals surface area contributed by atoms with Crippen LogP contribution in [0.15, 0.2) is 61.2 Å². The lowest BCUT2D eigenvalue weighted by atomic mass is 9.86. The van der Waals surface area contributed by atoms with E-state index >= 15 is 0 Å². The van der Waals surface area contributed by atoms with Gasteiger partial charge in [0.15, 0.2) is 5.60 Å². The first-order valence-electron chi connectivity index (χ1n) is 7.10. The minimum atomic E-state index is -1.81. The number of Topliss-reactive ketones (excluding diaryl/α,β-unsaturated/α-hetero) is 1. The second kappa shape index (κ2) is 6.73. The number of hydrogen-bond donors (Lipinski definition) is 1. The van der Waals surface area contributed by atoms with E-state index < -0.39 is 11.4 Å². The molecular formula is C17H13Cl2N3O2. The van der Waals surface area contributed by atoms with Gasteiger partial charge in [0.2, 0.25) is 5.78 Å². The van der Waals surface area contributed by atoms with Crippen molar-refractivity contribution in [3.8, 4) is 0 Å². The summed E-state index contributed by atoms with van der Waals surface area (Å²) in [7, 11) is 0. The zero-order chi connectivity index (χ0) is 17.2. The standard InChI is InChI=1S/C17H13Cl2N3O2/c18-14-5-1-12(2-6-14)16(23)17(24,9-22-11-20-10-21-22)13-3-7-15(19)8-4-13/h1-8,10-11,24H,9H2. The molecule has 0 amide bonds. The van der Waals surface area contributed by atoms with Crippen molar-refractivity contribution in [2.24, 2.45) is 0 Å². The summed E-state index contributed by atoms with van der Waals surface area (Å²) in [5.74, 6) is -0.461. The SMILES string of the molecule is O=C(c1ccc(Cl)cc1)C(O)(Cn1cncn1)c1ccc(Cl)cc1. The molecule has 1 aromatic heterocycles. The van der Waals surface area contributed by atoms with Gasteiger partial charge < -0.3 is 5.11 Å². The molecule has 1 atom stereocenters. The van der Waals surface area contributed by atoms with Crippen LogP contribution in [0.3, 0.4) is 0 Å². The van der Waals surface area contributed by atoms with Crippen LogP contribution < -0.4 is 0 Å². The molecule has 2 aromatic carbocycles. The maximum Gasteiger partial charge on any atom is 0.200 e. The van der Waals surface area contributed by atoms with Crippen molar-refractivity contribution in [1.29, 1.82) is 0 Å². The number of ketones is 1. The fraction of sp³-hybridized carbons (Fsp3) is 0.118. The molecule has 0 aliphatic carbocycles. The Hall–Kier alpha value is -2.21. The maximum absolute atomic E-state index is 13.0. The molecule has 5 nitrogen and oxygen atoms in total. The predicted octanol–water partition coefficient (Wildman–Crippen LogP) is 3.36. The molecule has 3 rings (SSSR count). The highest BCUT2D eigenvalue weighted by Gasteiger charge is 2.39. The lowest BCUT2D eigenvalue weighted by Crippen LogP contribution is -2.40. The lowest BCUT2D eigenvalue weighted by molar-refractivity contribution is 0.0182. The number of aliphatic hydroxyl groups is 1. The molecule has 24 heavy (non-hydrogen) atoms. The number of aromatic nitrogens is 3. The van der Waals surface area contributed by atoms with Crippen molar-refractivity contribution >= 4 is 29.0 Å². The molecule has 1 heterocycles. The van der Waals surface area contributed by atoms with Crippen LogP contribution >= 0.6 is 23.2 Å². The first-order valence-corrected chi connectivity index (χ1v) is 7.86. The number of carbonyl (C=O) groups excluding carboxylic acids is 1. The van der Waals surface area contributed by atoms with Gasteiger partial charge >= 0.3 is 0 Å². The van der Waals surface area contributed by atoms with Gasteiger partial charge in [0, 0.05) is 15.6 Å². The van der Waals surface area contributed by atoms with E-state index in [9.17, 15) is 9.90 Å². The van der Waals surface area contributed by atoms with Gasteiger partial charge in [0.25, 0.3) is 0 Å². The average Bonchev–Trinajstić information content (AvgIpc) is 3.08. The van der Waals surface area contributed by atoms with Crippen molar-refractivity contribution < 1.29 is 9.90 Å². The molecule has 0 saturated heterocycles. The van der Waals surface area contributed by atoms with Gasteiger partial charge in [0.05, 0.1) is 6.54 Å². The summed E-state index contributed by atoms with van der Waals surface area (Å²) in [6, 6.07) is 12.8. The summed E-state index contributed by atoms with van der Waals surface area (Å²) in [6.07, 6.45) is 2.78. The van der Waals surface area contributed by atoms with Crippen molar-refractivity contribution in [1.82, 2.24) is 14.8 Å². The zero-order valence-corrected chi connectivity index (χ0v) is 13.9. The molecule has 0 spiro atoms. The highest BCUT2D eigenvalue weighted by atomic mass is 35.5. The average molecular weight is 362 g/mol. The second-order valence-electron chi connectivity index (χ2n) is 5.30. The van der Waals surface area contributed by atoms with Crippen molar-refractivity contribution in [3.63, 3.8) is 0 Å². The monoisotopic (exact) mass is 361 g/mol. The molecule has 0 aliphatic heterocycles. The lowest BCUT2D eigenvalue weighted by Gasteiger charge is -2.27. The highest BCUT2D eigenvalue weighted by Crippen LogP contribution is 2.29. The molecule has 0 fully saturated rings. The first kappa shape index (κ1) is 16.6. The molecule has 122 valence electrons. The van der Waals surface area contributed by atoms with Crippen LogP contribution in [0.5, 0.6) is 0 Å². The van der Waals surface area contributed by atoms with E-state index in [1.165, 1.54) is 17.3 Å². The van der Waals surface area contributed by atoms with E-state index in [1.807, 2.05) is 0 Å². The van der Waals surface area contributed by atoms with Crippen LogP contribution in [0.25, 0.3) is 0 Å². The Balaban J connectivity index is 2.05. The van der Waals surface area contributed by atoms with E-state index in [0.29, 0.717) is 21.2 Å². The largest absolute Gasteiger partial charge is 0.375 e. The molecule has 3 aromatic rings. The Bertz CT molecular complexity index is 833. The summed E-state index contributed by atoms with van der Waals surface area (Å²) >= 11 is 11.8. The van der Waals surface area contributed by atoms with Crippen molar-refractivity contribution in [2.45, 2.75) is 12.1 Å². The number of rotatable bonds is 5. The molecule has 0 saturated carbocycles. The van der Waals surface area contributed by atoms with Crippen molar-refractivity contribution in [2.75, 3.05) is 0 Å². The molecule has 1 unspecified atom stereocenters. The Morgan fingerprint density at radius 3 is 2.17 bits per heavy atom. The highest BCUT2D eigenvalue weighted by molar-refractivity contribution is 6.31. The molecule has 0 bridgehead atoms. The smallest absolute Gasteiger partial charge is 0.200 e. The Morgan fingerprint density at radius 1 is 1.04 bits per heavy atom. The summed E-state index contributed by atoms with van der Waals surface area (Å²) in [6.45, 7) is -0.0733. The van der Waals surface area contributed by atoms with Crippen molar-refractivity contribution in [3.05, 3.63) is 82.4 Å². The third-order valence-corrected chi connectivity index (χ3v) is 4.17. The molecule has 7 heteroatoms. The molecule has 0 radical (unpaired) electrons. The number of hydrogen-bond acceptors (Lipinski definition) is 4. The van der Waals surface area contributed by atoms with Gasteiger partial charge in [-0.25, -0.2) is 9.67 Å². The van der Waals surface area contributed by atoms with Crippen LogP contribution in [0.2, 0.25) is 10.0 Å². The fourth-order valence-corrected chi connectivity index (χ4v) is 2.66. The Morgan fingerprint density at radius 2 is 1.62 bits per heavy atom. The number of carbonyl (C=O) groups is 1. The van der Waals surface area contributed by atoms with Crippen LogP contribution in [0, 0.1) is 0 Å². The summed E-state index contributed by atoms with van der Waals surface area (Å²) in [5, 5.41) is 16.2. The minimum Gasteiger partial charge on any atom is -0.375 e. The van der Waals surface area contributed by atoms with E-state index in [1.54, 1.807) is 48.5 Å². The normalized spacial score (nSPS) is 13.5. The minimum absolute atomic E-state index is 0.0733. The van der Waals surface area contributed by atoms with Crippen LogP contribution in [-0.2, 0) is 12.1 Å². The number of nitrogens with zero attached hydrogens (tertiary/aromatic N) is 3. The third kappa shape index (κ3) is 3.33. The Kier molecular flexibility index (Phi) is 4.66. The number of benzene rings is 2. The van der Waals surface area contributed by atoms with Gasteiger partial charge in [0.1, 0.15) is 12.7 Å². The van der Waals surface area contributed by atoms with E-state index in [-0.39, 0.29) is 6.54 Å². The van der Waals surface area contributed by atoms with Crippen LogP contribution in [0.4, 0.5) is 0 Å². The topological polar surface area (TPSA) is 68.0 Å². The second-order valence-corrected chi connectivity index (χ2v) is 6.17. The summed E-state index contributed by atoms with van der Waals surface area (Å²) in [5.41, 5.74) is -1.05. The zero-order valence-electron chi connectivity index (χ0n) is 12.4. The van der Waals surface area contributed by atoms with Crippen LogP contribution in [0.1, 0.15) is 15.9 Å². The van der Waals surface area contributed by atoms with Gasteiger partial charge in [-0.15, -0.1) is 0 Å². The van der Waals surface area contributed by atoms with E-state index in [2.05, 4.69) is 10.1 Å². The van der Waals surface area contributed by atoms with Gasteiger partial charge in [-0.2, -0.15) is 5.10 Å². The predicted molar refractivity (Wildman–Crippen MR) is 91.2 cm³/mol. The van der Waals surface area contributed by atoms with E-state index in [0.717, 1.165) is 0 Å². The third-order valence-electron chi connectivity index (χ3n) is 3.66. The summed E-state index contributed by atoms with van der Waals surface area (Å²) in [4.78, 5) is 16.9. The molecule has 1 N–H and O–H groups in total.